The van der Waals surface area contributed by atoms with Crippen molar-refractivity contribution < 1.29 is 9.59 Å². The lowest BCUT2D eigenvalue weighted by Gasteiger charge is -2.34. The van der Waals surface area contributed by atoms with Crippen molar-refractivity contribution >= 4 is 11.9 Å². The molecule has 0 spiro atoms. The van der Waals surface area contributed by atoms with Crippen LogP contribution in [-0.2, 0) is 11.3 Å². The van der Waals surface area contributed by atoms with Crippen molar-refractivity contribution in [3.63, 3.8) is 0 Å². The topological polar surface area (TPSA) is 74.6 Å². The predicted octanol–water partition coefficient (Wildman–Crippen LogP) is 0.645. The van der Waals surface area contributed by atoms with Crippen LogP contribution in [0.2, 0.25) is 0 Å². The van der Waals surface area contributed by atoms with Gasteiger partial charge in [-0.05, 0) is 25.7 Å². The molecule has 130 valence electrons. The number of carbonyl (C=O) groups is 2. The number of pyridine rings is 1. The number of hydrogen-bond donors (Lipinski definition) is 1. The first-order valence-electron chi connectivity index (χ1n) is 8.61. The molecule has 3 rings (SSSR count). The molecule has 3 amide bonds. The number of hydrogen-bond acceptors (Lipinski definition) is 3. The van der Waals surface area contributed by atoms with Crippen LogP contribution < -0.4 is 10.7 Å². The van der Waals surface area contributed by atoms with E-state index in [4.69, 9.17) is 0 Å². The van der Waals surface area contributed by atoms with E-state index < -0.39 is 0 Å². The fourth-order valence-corrected chi connectivity index (χ4v) is 3.31. The second-order valence-corrected chi connectivity index (χ2v) is 6.51. The fourth-order valence-electron chi connectivity index (χ4n) is 3.31. The van der Waals surface area contributed by atoms with Crippen LogP contribution in [-0.4, -0.2) is 58.5 Å². The number of rotatable bonds is 3. The molecule has 2 aliphatic heterocycles. The summed E-state index contributed by atoms with van der Waals surface area (Å²) in [5.41, 5.74) is -0.0679. The summed E-state index contributed by atoms with van der Waals surface area (Å²) < 4.78 is 1.68. The maximum absolute atomic E-state index is 12.3. The molecular formula is C17H24N4O3. The van der Waals surface area contributed by atoms with Crippen molar-refractivity contribution in [3.8, 4) is 0 Å². The number of aromatic nitrogens is 1. The molecule has 7 heteroatoms. The number of urea groups is 1. The van der Waals surface area contributed by atoms with E-state index in [1.807, 2.05) is 9.80 Å². The smallest absolute Gasteiger partial charge is 0.319 e. The molecule has 0 radical (unpaired) electrons. The van der Waals surface area contributed by atoms with E-state index in [0.717, 1.165) is 38.8 Å². The summed E-state index contributed by atoms with van der Waals surface area (Å²) in [6.07, 6.45) is 7.00. The molecule has 2 fully saturated rings. The Morgan fingerprint density at radius 3 is 2.21 bits per heavy atom. The predicted molar refractivity (Wildman–Crippen MR) is 89.6 cm³/mol. The largest absolute Gasteiger partial charge is 0.352 e. The number of likely N-dealkylation sites (tertiary alicyclic amines) is 2. The van der Waals surface area contributed by atoms with Gasteiger partial charge >= 0.3 is 6.03 Å². The molecule has 0 saturated carbocycles. The lowest BCUT2D eigenvalue weighted by Crippen LogP contribution is -2.50. The van der Waals surface area contributed by atoms with E-state index in [1.165, 1.54) is 12.1 Å². The molecule has 7 nitrogen and oxygen atoms in total. The molecule has 1 aromatic heterocycles. The maximum Gasteiger partial charge on any atom is 0.319 e. The third-order valence-corrected chi connectivity index (χ3v) is 4.69. The minimum Gasteiger partial charge on any atom is -0.352 e. The van der Waals surface area contributed by atoms with Gasteiger partial charge in [-0.15, -0.1) is 0 Å². The molecule has 0 atom stereocenters. The maximum atomic E-state index is 12.3. The quantitative estimate of drug-likeness (QED) is 0.883. The van der Waals surface area contributed by atoms with Crippen LogP contribution in [0.1, 0.15) is 25.7 Å². The van der Waals surface area contributed by atoms with Crippen molar-refractivity contribution in [2.45, 2.75) is 38.3 Å². The molecule has 0 unspecified atom stereocenters. The molecule has 0 aromatic carbocycles. The first-order valence-corrected chi connectivity index (χ1v) is 8.61. The highest BCUT2D eigenvalue weighted by atomic mass is 16.2. The summed E-state index contributed by atoms with van der Waals surface area (Å²) in [5, 5.41) is 3.02. The van der Waals surface area contributed by atoms with Gasteiger partial charge in [-0.3, -0.25) is 9.59 Å². The molecule has 0 bridgehead atoms. The summed E-state index contributed by atoms with van der Waals surface area (Å²) >= 11 is 0. The highest BCUT2D eigenvalue weighted by molar-refractivity contribution is 5.76. The molecule has 1 aromatic rings. The van der Waals surface area contributed by atoms with Gasteiger partial charge in [0.25, 0.3) is 0 Å². The lowest BCUT2D eigenvalue weighted by atomic mass is 10.1. The molecule has 2 aliphatic rings. The van der Waals surface area contributed by atoms with Gasteiger partial charge in [0, 0.05) is 56.7 Å². The number of nitrogens with one attached hydrogen (secondary N) is 1. The Bertz CT molecular complexity index is 623. The Morgan fingerprint density at radius 1 is 1.00 bits per heavy atom. The number of nitrogens with zero attached hydrogens (tertiary/aromatic N) is 3. The van der Waals surface area contributed by atoms with Gasteiger partial charge in [-0.2, -0.15) is 0 Å². The van der Waals surface area contributed by atoms with Gasteiger partial charge in [0.05, 0.1) is 0 Å². The number of amides is 3. The van der Waals surface area contributed by atoms with Crippen LogP contribution in [0, 0.1) is 0 Å². The number of carbonyl (C=O) groups excluding carboxylic acids is 2. The average Bonchev–Trinajstić information content (AvgIpc) is 3.11. The molecule has 1 N–H and O–H groups in total. The van der Waals surface area contributed by atoms with Crippen LogP contribution in [0.15, 0.2) is 29.3 Å². The first kappa shape index (κ1) is 16.5. The van der Waals surface area contributed by atoms with Gasteiger partial charge in [0.2, 0.25) is 5.91 Å². The molecular weight excluding hydrogens is 308 g/mol. The molecule has 24 heavy (non-hydrogen) atoms. The summed E-state index contributed by atoms with van der Waals surface area (Å²) in [7, 11) is 0. The van der Waals surface area contributed by atoms with E-state index in [2.05, 4.69) is 5.32 Å². The SMILES string of the molecule is O=C(Cn1ccc(=O)cc1)NC1CCN(C(=O)N2CCCC2)CC1. The Morgan fingerprint density at radius 2 is 1.58 bits per heavy atom. The normalized spacial score (nSPS) is 18.7. The summed E-state index contributed by atoms with van der Waals surface area (Å²) in [6.45, 7) is 3.33. The molecule has 0 aliphatic carbocycles. The van der Waals surface area contributed by atoms with E-state index in [-0.39, 0.29) is 30.0 Å². The monoisotopic (exact) mass is 332 g/mol. The highest BCUT2D eigenvalue weighted by Gasteiger charge is 2.28. The van der Waals surface area contributed by atoms with Crippen LogP contribution in [0.4, 0.5) is 4.79 Å². The second kappa shape index (κ2) is 7.51. The zero-order chi connectivity index (χ0) is 16.9. The van der Waals surface area contributed by atoms with Crippen molar-refractivity contribution in [2.75, 3.05) is 26.2 Å². The van der Waals surface area contributed by atoms with Crippen LogP contribution in [0.3, 0.4) is 0 Å². The zero-order valence-corrected chi connectivity index (χ0v) is 13.8. The highest BCUT2D eigenvalue weighted by Crippen LogP contribution is 2.16. The van der Waals surface area contributed by atoms with Gasteiger partial charge in [0.1, 0.15) is 6.54 Å². The molecule has 2 saturated heterocycles. The second-order valence-electron chi connectivity index (χ2n) is 6.51. The molecule has 3 heterocycles. The van der Waals surface area contributed by atoms with Crippen molar-refractivity contribution in [3.05, 3.63) is 34.7 Å². The first-order chi connectivity index (χ1) is 11.6. The summed E-state index contributed by atoms with van der Waals surface area (Å²) in [4.78, 5) is 39.3. The Labute approximate surface area is 141 Å². The van der Waals surface area contributed by atoms with Gasteiger partial charge in [0.15, 0.2) is 5.43 Å². The minimum atomic E-state index is -0.0679. The third kappa shape index (κ3) is 4.15. The van der Waals surface area contributed by atoms with Gasteiger partial charge in [-0.25, -0.2) is 4.79 Å². The minimum absolute atomic E-state index is 0.0667. The Hall–Kier alpha value is -2.31. The van der Waals surface area contributed by atoms with Crippen LogP contribution in [0.25, 0.3) is 0 Å². The zero-order valence-electron chi connectivity index (χ0n) is 13.8. The van der Waals surface area contributed by atoms with Crippen molar-refractivity contribution in [1.29, 1.82) is 0 Å². The average molecular weight is 332 g/mol. The van der Waals surface area contributed by atoms with Crippen LogP contribution in [0.5, 0.6) is 0 Å². The Kier molecular flexibility index (Phi) is 5.17. The summed E-state index contributed by atoms with van der Waals surface area (Å²) in [6, 6.07) is 3.14. The lowest BCUT2D eigenvalue weighted by molar-refractivity contribution is -0.122. The van der Waals surface area contributed by atoms with E-state index in [9.17, 15) is 14.4 Å². The Balaban J connectivity index is 1.43. The van der Waals surface area contributed by atoms with E-state index >= 15 is 0 Å². The van der Waals surface area contributed by atoms with Gasteiger partial charge < -0.3 is 19.7 Å². The van der Waals surface area contributed by atoms with E-state index in [0.29, 0.717) is 13.1 Å². The fraction of sp³-hybridized carbons (Fsp3) is 0.588. The standard InChI is InChI=1S/C17H24N4O3/c22-15-5-9-19(10-6-15)13-16(23)18-14-3-11-21(12-4-14)17(24)20-7-1-2-8-20/h5-6,9-10,14H,1-4,7-8,11-13H2,(H,18,23). The van der Waals surface area contributed by atoms with Crippen molar-refractivity contribution in [2.24, 2.45) is 0 Å². The summed E-state index contributed by atoms with van der Waals surface area (Å²) in [5.74, 6) is -0.0667. The third-order valence-electron chi connectivity index (χ3n) is 4.69. The number of piperidine rings is 1. The van der Waals surface area contributed by atoms with Crippen LogP contribution >= 0.6 is 0 Å². The van der Waals surface area contributed by atoms with Gasteiger partial charge in [-0.1, -0.05) is 0 Å². The van der Waals surface area contributed by atoms with E-state index in [1.54, 1.807) is 17.0 Å². The van der Waals surface area contributed by atoms with Crippen molar-refractivity contribution in [1.82, 2.24) is 19.7 Å².